The minimum absolute atomic E-state index is 0.139. The molecule has 2 atom stereocenters. The largest absolute Gasteiger partial charge is 0.481 e. The first kappa shape index (κ1) is 14.2. The van der Waals surface area contributed by atoms with Crippen molar-refractivity contribution < 1.29 is 14.7 Å². The second kappa shape index (κ2) is 5.80. The molecule has 0 aliphatic heterocycles. The first-order valence-electron chi connectivity index (χ1n) is 7.31. The highest BCUT2D eigenvalue weighted by atomic mass is 16.4. The number of carboxylic acids is 1. The van der Waals surface area contributed by atoms with E-state index >= 15 is 0 Å². The number of hydrogen-bond donors (Lipinski definition) is 3. The van der Waals surface area contributed by atoms with Gasteiger partial charge in [0.05, 0.1) is 6.42 Å². The van der Waals surface area contributed by atoms with Gasteiger partial charge >= 0.3 is 12.0 Å². The molecule has 0 spiro atoms. The Morgan fingerprint density at radius 2 is 2.11 bits per heavy atom. The van der Waals surface area contributed by atoms with E-state index in [1.54, 1.807) is 0 Å². The summed E-state index contributed by atoms with van der Waals surface area (Å²) in [6.45, 7) is 2.64. The third kappa shape index (κ3) is 3.85. The molecular weight excluding hydrogens is 244 g/mol. The Morgan fingerprint density at radius 3 is 2.63 bits per heavy atom. The van der Waals surface area contributed by atoms with Crippen LogP contribution in [0.5, 0.6) is 0 Å². The minimum atomic E-state index is -0.771. The molecule has 0 aromatic carbocycles. The van der Waals surface area contributed by atoms with Gasteiger partial charge in [-0.05, 0) is 37.0 Å². The average Bonchev–Trinajstić information content (AvgIpc) is 3.00. The lowest BCUT2D eigenvalue weighted by atomic mass is 9.66. The van der Waals surface area contributed by atoms with Gasteiger partial charge in [-0.2, -0.15) is 0 Å². The summed E-state index contributed by atoms with van der Waals surface area (Å²) in [5, 5.41) is 14.7. The zero-order valence-electron chi connectivity index (χ0n) is 11.6. The van der Waals surface area contributed by atoms with Crippen molar-refractivity contribution in [2.75, 3.05) is 6.54 Å². The number of nitrogens with one attached hydrogen (secondary N) is 2. The fraction of sp³-hybridized carbons (Fsp3) is 0.857. The summed E-state index contributed by atoms with van der Waals surface area (Å²) in [5.74, 6) is -0.125. The topological polar surface area (TPSA) is 78.4 Å². The van der Waals surface area contributed by atoms with Crippen LogP contribution in [0.1, 0.15) is 51.9 Å². The van der Waals surface area contributed by atoms with Crippen molar-refractivity contribution in [3.05, 3.63) is 0 Å². The first-order valence-corrected chi connectivity index (χ1v) is 7.31. The van der Waals surface area contributed by atoms with Gasteiger partial charge < -0.3 is 15.7 Å². The van der Waals surface area contributed by atoms with Crippen LogP contribution in [0.25, 0.3) is 0 Å². The first-order chi connectivity index (χ1) is 9.04. The summed E-state index contributed by atoms with van der Waals surface area (Å²) in [6.07, 6.45) is 6.46. The molecule has 0 heterocycles. The van der Waals surface area contributed by atoms with Gasteiger partial charge in [0, 0.05) is 12.6 Å². The number of carbonyl (C=O) groups excluding carboxylic acids is 1. The molecule has 2 aliphatic rings. The summed E-state index contributed by atoms with van der Waals surface area (Å²) in [5.41, 5.74) is -0.199. The fourth-order valence-corrected chi connectivity index (χ4v) is 3.02. The molecule has 108 valence electrons. The van der Waals surface area contributed by atoms with Crippen LogP contribution in [0.3, 0.4) is 0 Å². The highest BCUT2D eigenvalue weighted by Crippen LogP contribution is 2.43. The molecule has 2 amide bonds. The average molecular weight is 268 g/mol. The molecule has 5 nitrogen and oxygen atoms in total. The Balaban J connectivity index is 1.67. The Labute approximate surface area is 114 Å². The third-order valence-electron chi connectivity index (χ3n) is 4.46. The van der Waals surface area contributed by atoms with E-state index in [2.05, 4.69) is 17.6 Å². The quantitative estimate of drug-likeness (QED) is 0.661. The molecule has 2 fully saturated rings. The van der Waals surface area contributed by atoms with Crippen LogP contribution in [0, 0.1) is 11.3 Å². The van der Waals surface area contributed by atoms with Crippen molar-refractivity contribution >= 4 is 12.0 Å². The van der Waals surface area contributed by atoms with Crippen LogP contribution in [-0.2, 0) is 4.79 Å². The highest BCUT2D eigenvalue weighted by Gasteiger charge is 2.40. The molecule has 3 N–H and O–H groups in total. The lowest BCUT2D eigenvalue weighted by Gasteiger charge is -2.40. The molecule has 0 saturated heterocycles. The van der Waals surface area contributed by atoms with E-state index in [0.29, 0.717) is 18.5 Å². The predicted octanol–water partition coefficient (Wildman–Crippen LogP) is 2.12. The Hall–Kier alpha value is -1.26. The van der Waals surface area contributed by atoms with E-state index in [1.807, 2.05) is 0 Å². The molecule has 5 heteroatoms. The van der Waals surface area contributed by atoms with E-state index in [-0.39, 0.29) is 17.9 Å². The maximum absolute atomic E-state index is 11.7. The number of rotatable bonds is 7. The highest BCUT2D eigenvalue weighted by molar-refractivity contribution is 5.75. The molecule has 0 radical (unpaired) electrons. The van der Waals surface area contributed by atoms with Gasteiger partial charge in [0.1, 0.15) is 0 Å². The standard InChI is InChI=1S/C14H24N2O3/c1-2-4-10-7-11(10)16-13(19)15-9-14(5-3-6-14)8-12(17)18/h10-11H,2-9H2,1H3,(H,17,18)(H2,15,16,19). The summed E-state index contributed by atoms with van der Waals surface area (Å²) in [6, 6.07) is 0.192. The molecule has 0 bridgehead atoms. The van der Waals surface area contributed by atoms with E-state index in [0.717, 1.165) is 32.1 Å². The van der Waals surface area contributed by atoms with Crippen molar-refractivity contribution in [2.24, 2.45) is 11.3 Å². The van der Waals surface area contributed by atoms with E-state index in [9.17, 15) is 9.59 Å². The molecular formula is C14H24N2O3. The van der Waals surface area contributed by atoms with Crippen LogP contribution < -0.4 is 10.6 Å². The van der Waals surface area contributed by atoms with Crippen molar-refractivity contribution in [3.63, 3.8) is 0 Å². The maximum atomic E-state index is 11.7. The molecule has 2 saturated carbocycles. The lowest BCUT2D eigenvalue weighted by molar-refractivity contribution is -0.141. The molecule has 19 heavy (non-hydrogen) atoms. The minimum Gasteiger partial charge on any atom is -0.481 e. The van der Waals surface area contributed by atoms with Crippen molar-refractivity contribution in [1.82, 2.24) is 10.6 Å². The van der Waals surface area contributed by atoms with Crippen LogP contribution in [0.15, 0.2) is 0 Å². The lowest BCUT2D eigenvalue weighted by Crippen LogP contribution is -2.47. The van der Waals surface area contributed by atoms with E-state index in [4.69, 9.17) is 5.11 Å². The summed E-state index contributed by atoms with van der Waals surface area (Å²) < 4.78 is 0. The van der Waals surface area contributed by atoms with Gasteiger partial charge in [0.2, 0.25) is 0 Å². The summed E-state index contributed by atoms with van der Waals surface area (Å²) in [7, 11) is 0. The van der Waals surface area contributed by atoms with Gasteiger partial charge in [0.25, 0.3) is 0 Å². The summed E-state index contributed by atoms with van der Waals surface area (Å²) in [4.78, 5) is 22.6. The number of amides is 2. The van der Waals surface area contributed by atoms with E-state index < -0.39 is 5.97 Å². The number of carboxylic acid groups (broad SMARTS) is 1. The number of urea groups is 1. The van der Waals surface area contributed by atoms with Crippen molar-refractivity contribution in [1.29, 1.82) is 0 Å². The van der Waals surface area contributed by atoms with Crippen molar-refractivity contribution in [2.45, 2.75) is 57.9 Å². The second-order valence-corrected chi connectivity index (χ2v) is 6.14. The molecule has 0 aromatic heterocycles. The Morgan fingerprint density at radius 1 is 1.37 bits per heavy atom. The van der Waals surface area contributed by atoms with Crippen LogP contribution in [-0.4, -0.2) is 29.7 Å². The molecule has 2 rings (SSSR count). The number of carbonyl (C=O) groups is 2. The fourth-order valence-electron chi connectivity index (χ4n) is 3.02. The number of aliphatic carboxylic acids is 1. The van der Waals surface area contributed by atoms with Gasteiger partial charge in [-0.1, -0.05) is 19.8 Å². The Bertz CT molecular complexity index is 353. The molecule has 2 unspecified atom stereocenters. The maximum Gasteiger partial charge on any atom is 0.315 e. The SMILES string of the molecule is CCCC1CC1NC(=O)NCC1(CC(=O)O)CCC1. The van der Waals surface area contributed by atoms with Crippen molar-refractivity contribution in [3.8, 4) is 0 Å². The van der Waals surface area contributed by atoms with Crippen LogP contribution in [0.4, 0.5) is 4.79 Å². The number of hydrogen-bond acceptors (Lipinski definition) is 2. The van der Waals surface area contributed by atoms with Gasteiger partial charge in [-0.25, -0.2) is 4.79 Å². The monoisotopic (exact) mass is 268 g/mol. The zero-order chi connectivity index (χ0) is 13.9. The van der Waals surface area contributed by atoms with Gasteiger partial charge in [-0.3, -0.25) is 4.79 Å². The van der Waals surface area contributed by atoms with Crippen LogP contribution >= 0.6 is 0 Å². The van der Waals surface area contributed by atoms with E-state index in [1.165, 1.54) is 6.42 Å². The smallest absolute Gasteiger partial charge is 0.315 e. The predicted molar refractivity (Wildman–Crippen MR) is 71.9 cm³/mol. The summed E-state index contributed by atoms with van der Waals surface area (Å²) >= 11 is 0. The third-order valence-corrected chi connectivity index (χ3v) is 4.46. The van der Waals surface area contributed by atoms with Crippen LogP contribution in [0.2, 0.25) is 0 Å². The molecule has 0 aromatic rings. The Kier molecular flexibility index (Phi) is 4.32. The second-order valence-electron chi connectivity index (χ2n) is 6.14. The molecule has 2 aliphatic carbocycles. The zero-order valence-corrected chi connectivity index (χ0v) is 11.6. The van der Waals surface area contributed by atoms with Gasteiger partial charge in [-0.15, -0.1) is 0 Å². The normalized spacial score (nSPS) is 27.2. The van der Waals surface area contributed by atoms with Gasteiger partial charge in [0.15, 0.2) is 0 Å².